The molecular formula is C21H29N3O3. The lowest BCUT2D eigenvalue weighted by Crippen LogP contribution is -2.42. The molecule has 0 radical (unpaired) electrons. The Labute approximate surface area is 161 Å². The molecule has 0 unspecified atom stereocenters. The second kappa shape index (κ2) is 9.04. The highest BCUT2D eigenvalue weighted by atomic mass is 16.5. The Kier molecular flexibility index (Phi) is 6.50. The molecule has 1 fully saturated rings. The number of aromatic nitrogens is 1. The zero-order valence-electron chi connectivity index (χ0n) is 16.5. The Hall–Kier alpha value is -2.34. The third-order valence-corrected chi connectivity index (χ3v) is 5.30. The summed E-state index contributed by atoms with van der Waals surface area (Å²) in [6, 6.07) is 8.29. The number of carbonyl (C=O) groups excluding carboxylic acids is 1. The summed E-state index contributed by atoms with van der Waals surface area (Å²) < 4.78 is 10.4. The molecule has 1 saturated heterocycles. The predicted octanol–water partition coefficient (Wildman–Crippen LogP) is 3.02. The summed E-state index contributed by atoms with van der Waals surface area (Å²) in [7, 11) is 3.54. The number of ether oxygens (including phenoxy) is 1. The minimum absolute atomic E-state index is 0.0587. The highest BCUT2D eigenvalue weighted by Gasteiger charge is 2.24. The second-order valence-corrected chi connectivity index (χ2v) is 7.35. The number of hydrogen-bond donors (Lipinski definition) is 0. The molecule has 1 aliphatic rings. The van der Waals surface area contributed by atoms with Crippen molar-refractivity contribution in [2.75, 3.05) is 40.3 Å². The molecule has 0 spiro atoms. The van der Waals surface area contributed by atoms with Crippen molar-refractivity contribution >= 4 is 5.91 Å². The smallest absolute Gasteiger partial charge is 0.275 e. The van der Waals surface area contributed by atoms with E-state index in [9.17, 15) is 4.79 Å². The van der Waals surface area contributed by atoms with Gasteiger partial charge in [0.2, 0.25) is 0 Å². The lowest BCUT2D eigenvalue weighted by atomic mass is 9.97. The molecule has 3 rings (SSSR count). The molecule has 0 N–H and O–H groups in total. The molecule has 1 aromatic heterocycles. The van der Waals surface area contributed by atoms with E-state index in [-0.39, 0.29) is 5.91 Å². The molecule has 1 aliphatic heterocycles. The average Bonchev–Trinajstić information content (AvgIpc) is 3.12. The van der Waals surface area contributed by atoms with Gasteiger partial charge in [-0.15, -0.1) is 0 Å². The van der Waals surface area contributed by atoms with Crippen LogP contribution in [0.5, 0.6) is 5.75 Å². The van der Waals surface area contributed by atoms with Crippen LogP contribution in [0.2, 0.25) is 0 Å². The van der Waals surface area contributed by atoms with Gasteiger partial charge in [-0.1, -0.05) is 12.1 Å². The summed E-state index contributed by atoms with van der Waals surface area (Å²) in [6.07, 6.45) is 4.70. The lowest BCUT2D eigenvalue weighted by molar-refractivity contribution is 0.0723. The molecule has 1 atom stereocenters. The number of oxazole rings is 1. The third kappa shape index (κ3) is 5.10. The molecule has 146 valence electrons. The van der Waals surface area contributed by atoms with Crippen LogP contribution in [0, 0.1) is 12.8 Å². The van der Waals surface area contributed by atoms with E-state index in [0.717, 1.165) is 44.8 Å². The number of methoxy groups -OCH3 is 1. The molecule has 2 heterocycles. The average molecular weight is 371 g/mol. The van der Waals surface area contributed by atoms with E-state index < -0.39 is 0 Å². The van der Waals surface area contributed by atoms with Crippen molar-refractivity contribution in [2.45, 2.75) is 26.2 Å². The van der Waals surface area contributed by atoms with Crippen molar-refractivity contribution in [2.24, 2.45) is 5.92 Å². The molecule has 0 saturated carbocycles. The fraction of sp³-hybridized carbons (Fsp3) is 0.524. The standard InChI is InChI=1S/C21H29N3O3/c1-16-20(22-15-27-16)21(25)23(2)13-18-5-4-11-24(14-18)12-10-17-6-8-19(26-3)9-7-17/h6-9,15,18H,4-5,10-14H2,1-3H3/t18-/m0/s1. The van der Waals surface area contributed by atoms with Gasteiger partial charge >= 0.3 is 0 Å². The molecule has 6 nitrogen and oxygen atoms in total. The molecule has 1 aromatic carbocycles. The summed E-state index contributed by atoms with van der Waals surface area (Å²) in [5.74, 6) is 1.91. The number of hydrogen-bond acceptors (Lipinski definition) is 5. The van der Waals surface area contributed by atoms with E-state index >= 15 is 0 Å². The zero-order chi connectivity index (χ0) is 19.2. The number of rotatable bonds is 7. The predicted molar refractivity (Wildman–Crippen MR) is 104 cm³/mol. The van der Waals surface area contributed by atoms with Crippen molar-refractivity contribution in [1.29, 1.82) is 0 Å². The topological polar surface area (TPSA) is 58.8 Å². The van der Waals surface area contributed by atoms with Crippen molar-refractivity contribution in [3.63, 3.8) is 0 Å². The Balaban J connectivity index is 1.48. The van der Waals surface area contributed by atoms with E-state index in [4.69, 9.17) is 9.15 Å². The van der Waals surface area contributed by atoms with E-state index in [0.29, 0.717) is 17.4 Å². The Morgan fingerprint density at radius 1 is 1.37 bits per heavy atom. The Morgan fingerprint density at radius 3 is 2.81 bits per heavy atom. The summed E-state index contributed by atoms with van der Waals surface area (Å²) >= 11 is 0. The van der Waals surface area contributed by atoms with Crippen LogP contribution in [0.3, 0.4) is 0 Å². The molecule has 0 aliphatic carbocycles. The van der Waals surface area contributed by atoms with Crippen LogP contribution in [0.25, 0.3) is 0 Å². The molecule has 1 amide bonds. The van der Waals surface area contributed by atoms with Crippen LogP contribution >= 0.6 is 0 Å². The number of piperidine rings is 1. The largest absolute Gasteiger partial charge is 0.497 e. The number of aryl methyl sites for hydroxylation is 1. The summed E-state index contributed by atoms with van der Waals surface area (Å²) in [5.41, 5.74) is 1.75. The maximum atomic E-state index is 12.5. The fourth-order valence-electron chi connectivity index (χ4n) is 3.74. The lowest BCUT2D eigenvalue weighted by Gasteiger charge is -2.34. The van der Waals surface area contributed by atoms with Crippen LogP contribution in [-0.4, -0.2) is 61.0 Å². The van der Waals surface area contributed by atoms with Crippen LogP contribution in [0.1, 0.15) is 34.7 Å². The van der Waals surface area contributed by atoms with Crippen LogP contribution in [0.15, 0.2) is 35.1 Å². The van der Waals surface area contributed by atoms with Crippen LogP contribution in [-0.2, 0) is 6.42 Å². The van der Waals surface area contributed by atoms with Gasteiger partial charge in [0.15, 0.2) is 12.1 Å². The Morgan fingerprint density at radius 2 is 2.15 bits per heavy atom. The quantitative estimate of drug-likeness (QED) is 0.749. The number of nitrogens with zero attached hydrogens (tertiary/aromatic N) is 3. The summed E-state index contributed by atoms with van der Waals surface area (Å²) in [4.78, 5) is 20.9. The highest BCUT2D eigenvalue weighted by Crippen LogP contribution is 2.19. The van der Waals surface area contributed by atoms with Crippen LogP contribution < -0.4 is 4.74 Å². The Bertz CT molecular complexity index is 741. The van der Waals surface area contributed by atoms with Gasteiger partial charge in [-0.3, -0.25) is 4.79 Å². The van der Waals surface area contributed by atoms with Gasteiger partial charge in [-0.25, -0.2) is 4.98 Å². The molecular weight excluding hydrogens is 342 g/mol. The van der Waals surface area contributed by atoms with Gasteiger partial charge < -0.3 is 19.0 Å². The first-order valence-corrected chi connectivity index (χ1v) is 9.57. The summed E-state index contributed by atoms with van der Waals surface area (Å²) in [6.45, 7) is 5.74. The van der Waals surface area contributed by atoms with Gasteiger partial charge in [0.25, 0.3) is 5.91 Å². The number of benzene rings is 1. The first kappa shape index (κ1) is 19.4. The first-order chi connectivity index (χ1) is 13.1. The van der Waals surface area contributed by atoms with Crippen molar-refractivity contribution in [3.05, 3.63) is 47.7 Å². The van der Waals surface area contributed by atoms with Gasteiger partial charge in [0.05, 0.1) is 7.11 Å². The maximum absolute atomic E-state index is 12.5. The normalized spacial score (nSPS) is 17.7. The molecule has 2 aromatic rings. The number of likely N-dealkylation sites (tertiary alicyclic amines) is 1. The third-order valence-electron chi connectivity index (χ3n) is 5.30. The zero-order valence-corrected chi connectivity index (χ0v) is 16.5. The van der Waals surface area contributed by atoms with Crippen molar-refractivity contribution in [3.8, 4) is 5.75 Å². The van der Waals surface area contributed by atoms with Gasteiger partial charge in [0.1, 0.15) is 11.5 Å². The van der Waals surface area contributed by atoms with Crippen molar-refractivity contribution < 1.29 is 13.9 Å². The molecule has 6 heteroatoms. The van der Waals surface area contributed by atoms with E-state index in [2.05, 4.69) is 22.0 Å². The second-order valence-electron chi connectivity index (χ2n) is 7.35. The monoisotopic (exact) mass is 371 g/mol. The molecule has 27 heavy (non-hydrogen) atoms. The number of amides is 1. The minimum Gasteiger partial charge on any atom is -0.497 e. The number of carbonyl (C=O) groups is 1. The SMILES string of the molecule is COc1ccc(CCN2CCC[C@@H](CN(C)C(=O)c3ncoc3C)C2)cc1. The van der Waals surface area contributed by atoms with Gasteiger partial charge in [0, 0.05) is 26.7 Å². The van der Waals surface area contributed by atoms with E-state index in [1.54, 1.807) is 18.9 Å². The van der Waals surface area contributed by atoms with E-state index in [1.807, 2.05) is 19.2 Å². The van der Waals surface area contributed by atoms with E-state index in [1.165, 1.54) is 18.4 Å². The van der Waals surface area contributed by atoms with Gasteiger partial charge in [-0.2, -0.15) is 0 Å². The van der Waals surface area contributed by atoms with Gasteiger partial charge in [-0.05, 0) is 56.3 Å². The minimum atomic E-state index is -0.0587. The summed E-state index contributed by atoms with van der Waals surface area (Å²) in [5, 5.41) is 0. The van der Waals surface area contributed by atoms with Crippen LogP contribution in [0.4, 0.5) is 0 Å². The maximum Gasteiger partial charge on any atom is 0.275 e. The van der Waals surface area contributed by atoms with Crippen molar-refractivity contribution in [1.82, 2.24) is 14.8 Å². The fourth-order valence-corrected chi connectivity index (χ4v) is 3.74. The molecule has 0 bridgehead atoms. The highest BCUT2D eigenvalue weighted by molar-refractivity contribution is 5.92. The first-order valence-electron chi connectivity index (χ1n) is 9.57.